The van der Waals surface area contributed by atoms with Crippen molar-refractivity contribution < 1.29 is 31.1 Å². The molecule has 1 saturated carbocycles. The third-order valence-corrected chi connectivity index (χ3v) is 3.85. The molecule has 0 aliphatic heterocycles. The Morgan fingerprint density at radius 3 is 2.12 bits per heavy atom. The highest BCUT2D eigenvalue weighted by atomic mass is 19.4. The number of hydrogen-bond donors (Lipinski definition) is 1. The van der Waals surface area contributed by atoms with Crippen LogP contribution in [0.4, 0.5) is 26.3 Å². The summed E-state index contributed by atoms with van der Waals surface area (Å²) in [6.45, 7) is 0. The summed E-state index contributed by atoms with van der Waals surface area (Å²) in [6, 6.07) is -0.534. The Bertz CT molecular complexity index is 676. The summed E-state index contributed by atoms with van der Waals surface area (Å²) in [4.78, 5) is 14.7. The van der Waals surface area contributed by atoms with Crippen LogP contribution in [0.5, 0.6) is 0 Å². The van der Waals surface area contributed by atoms with Crippen molar-refractivity contribution in [3.8, 4) is 0 Å². The van der Waals surface area contributed by atoms with E-state index in [1.54, 1.807) is 0 Å². The first-order valence-corrected chi connectivity index (χ1v) is 7.17. The third kappa shape index (κ3) is 4.56. The van der Waals surface area contributed by atoms with E-state index in [1.807, 2.05) is 0 Å². The van der Waals surface area contributed by atoms with Crippen LogP contribution < -0.4 is 5.32 Å². The Hall–Kier alpha value is -2.42. The van der Waals surface area contributed by atoms with Gasteiger partial charge < -0.3 is 5.32 Å². The van der Waals surface area contributed by atoms with E-state index in [9.17, 15) is 31.1 Å². The molecule has 25 heavy (non-hydrogen) atoms. The average Bonchev–Trinajstić information content (AvgIpc) is 2.92. The van der Waals surface area contributed by atoms with Gasteiger partial charge in [0.25, 0.3) is 5.91 Å². The lowest BCUT2D eigenvalue weighted by Crippen LogP contribution is -2.39. The van der Waals surface area contributed by atoms with Crippen molar-refractivity contribution in [3.05, 3.63) is 45.3 Å². The van der Waals surface area contributed by atoms with Crippen LogP contribution in [-0.2, 0) is 12.4 Å². The van der Waals surface area contributed by atoms with Crippen LogP contribution in [0.25, 0.3) is 10.4 Å². The Kier molecular flexibility index (Phi) is 5.17. The molecule has 1 amide bonds. The minimum atomic E-state index is -5.03. The first kappa shape index (κ1) is 18.9. The summed E-state index contributed by atoms with van der Waals surface area (Å²) < 4.78 is 76.9. The number of carbonyl (C=O) groups excluding carboxylic acids is 1. The molecule has 0 aromatic heterocycles. The number of rotatable bonds is 3. The zero-order valence-electron chi connectivity index (χ0n) is 12.5. The van der Waals surface area contributed by atoms with Gasteiger partial charge in [-0.15, -0.1) is 0 Å². The number of halogens is 6. The van der Waals surface area contributed by atoms with Crippen LogP contribution in [-0.4, -0.2) is 18.0 Å². The van der Waals surface area contributed by atoms with Gasteiger partial charge in [0, 0.05) is 16.5 Å². The molecule has 1 aromatic rings. The number of amides is 1. The first-order valence-electron chi connectivity index (χ1n) is 7.17. The van der Waals surface area contributed by atoms with Gasteiger partial charge in [0.1, 0.15) is 0 Å². The Labute approximate surface area is 137 Å². The molecule has 0 heterocycles. The molecule has 0 radical (unpaired) electrons. The largest absolute Gasteiger partial charge is 0.416 e. The van der Waals surface area contributed by atoms with Gasteiger partial charge in [-0.3, -0.25) is 4.79 Å². The maximum absolute atomic E-state index is 12.8. The molecule has 1 fully saturated rings. The molecular formula is C14H12F6N4O. The molecule has 0 unspecified atom stereocenters. The molecule has 1 N–H and O–H groups in total. The van der Waals surface area contributed by atoms with Crippen LogP contribution in [0, 0.1) is 0 Å². The second kappa shape index (κ2) is 6.83. The number of benzene rings is 1. The summed E-state index contributed by atoms with van der Waals surface area (Å²) >= 11 is 0. The van der Waals surface area contributed by atoms with Crippen molar-refractivity contribution in [3.63, 3.8) is 0 Å². The maximum Gasteiger partial charge on any atom is 0.416 e. The lowest BCUT2D eigenvalue weighted by molar-refractivity contribution is -0.143. The number of azide groups is 1. The monoisotopic (exact) mass is 366 g/mol. The lowest BCUT2D eigenvalue weighted by atomic mass is 10.0. The van der Waals surface area contributed by atoms with Crippen molar-refractivity contribution in [2.75, 3.05) is 0 Å². The van der Waals surface area contributed by atoms with E-state index in [2.05, 4.69) is 15.3 Å². The van der Waals surface area contributed by atoms with Gasteiger partial charge in [-0.05, 0) is 36.6 Å². The fourth-order valence-electron chi connectivity index (χ4n) is 2.65. The molecule has 0 bridgehead atoms. The van der Waals surface area contributed by atoms with Gasteiger partial charge in [0.15, 0.2) is 0 Å². The smallest absolute Gasteiger partial charge is 0.349 e. The predicted molar refractivity (Wildman–Crippen MR) is 74.5 cm³/mol. The zero-order valence-corrected chi connectivity index (χ0v) is 12.5. The number of nitrogens with zero attached hydrogens (tertiary/aromatic N) is 3. The topological polar surface area (TPSA) is 77.9 Å². The number of carbonyl (C=O) groups is 1. The molecule has 2 rings (SSSR count). The quantitative estimate of drug-likeness (QED) is 0.358. The molecular weight excluding hydrogens is 354 g/mol. The predicted octanol–water partition coefficient (Wildman–Crippen LogP) is 4.69. The fourth-order valence-corrected chi connectivity index (χ4v) is 2.65. The van der Waals surface area contributed by atoms with E-state index < -0.39 is 47.0 Å². The van der Waals surface area contributed by atoms with Gasteiger partial charge in [-0.25, -0.2) is 0 Å². The molecule has 0 spiro atoms. The normalized spacial score (nSPS) is 20.9. The second-order valence-corrected chi connectivity index (χ2v) is 5.58. The van der Waals surface area contributed by atoms with Crippen LogP contribution in [0.3, 0.4) is 0 Å². The minimum Gasteiger partial charge on any atom is -0.349 e. The van der Waals surface area contributed by atoms with Crippen LogP contribution in [0.2, 0.25) is 0 Å². The van der Waals surface area contributed by atoms with Crippen molar-refractivity contribution in [1.82, 2.24) is 5.32 Å². The van der Waals surface area contributed by atoms with Crippen LogP contribution in [0.1, 0.15) is 40.7 Å². The molecule has 0 saturated heterocycles. The van der Waals surface area contributed by atoms with Gasteiger partial charge >= 0.3 is 12.4 Å². The summed E-state index contributed by atoms with van der Waals surface area (Å²) in [5.74, 6) is -1.08. The Balaban J connectivity index is 2.34. The summed E-state index contributed by atoms with van der Waals surface area (Å²) in [5, 5.41) is 5.82. The van der Waals surface area contributed by atoms with Crippen LogP contribution in [0.15, 0.2) is 23.3 Å². The highest BCUT2D eigenvalue weighted by Crippen LogP contribution is 2.36. The molecule has 2 atom stereocenters. The zero-order chi connectivity index (χ0) is 18.8. The molecule has 1 aliphatic carbocycles. The summed E-state index contributed by atoms with van der Waals surface area (Å²) in [6.07, 6.45) is -8.55. The van der Waals surface area contributed by atoms with E-state index in [0.717, 1.165) is 0 Å². The van der Waals surface area contributed by atoms with E-state index in [-0.39, 0.29) is 6.07 Å². The molecule has 1 aromatic carbocycles. The highest BCUT2D eigenvalue weighted by molar-refractivity contribution is 5.95. The van der Waals surface area contributed by atoms with Crippen molar-refractivity contribution in [2.45, 2.75) is 43.7 Å². The summed E-state index contributed by atoms with van der Waals surface area (Å²) in [5.41, 5.74) is 4.56. The molecule has 136 valence electrons. The minimum absolute atomic E-state index is 0.0465. The highest BCUT2D eigenvalue weighted by Gasteiger charge is 2.38. The van der Waals surface area contributed by atoms with E-state index >= 15 is 0 Å². The van der Waals surface area contributed by atoms with Crippen molar-refractivity contribution in [2.24, 2.45) is 5.11 Å². The van der Waals surface area contributed by atoms with Gasteiger partial charge in [-0.1, -0.05) is 11.5 Å². The number of nitrogens with one attached hydrogen (secondary N) is 1. The summed E-state index contributed by atoms with van der Waals surface area (Å²) in [7, 11) is 0. The third-order valence-electron chi connectivity index (χ3n) is 3.85. The fraction of sp³-hybridized carbons (Fsp3) is 0.500. The van der Waals surface area contributed by atoms with Gasteiger partial charge in [0.2, 0.25) is 0 Å². The number of hydrogen-bond acceptors (Lipinski definition) is 2. The molecule has 11 heteroatoms. The Morgan fingerprint density at radius 2 is 1.64 bits per heavy atom. The standard InChI is InChI=1S/C14H12F6N4O/c15-13(16,17)8-4-7(5-9(6-8)14(18,19)20)12(25)22-10-2-1-3-11(10)23-24-21/h4-6,10-11H,1-3H2,(H,22,25)/t10-,11-/m1/s1. The van der Waals surface area contributed by atoms with Crippen molar-refractivity contribution >= 4 is 5.91 Å². The van der Waals surface area contributed by atoms with Crippen LogP contribution >= 0.6 is 0 Å². The van der Waals surface area contributed by atoms with E-state index in [4.69, 9.17) is 5.53 Å². The van der Waals surface area contributed by atoms with E-state index in [0.29, 0.717) is 31.4 Å². The molecule has 1 aliphatic rings. The second-order valence-electron chi connectivity index (χ2n) is 5.58. The average molecular weight is 366 g/mol. The maximum atomic E-state index is 12.8. The van der Waals surface area contributed by atoms with Crippen molar-refractivity contribution in [1.29, 1.82) is 0 Å². The lowest BCUT2D eigenvalue weighted by Gasteiger charge is -2.18. The van der Waals surface area contributed by atoms with Gasteiger partial charge in [-0.2, -0.15) is 26.3 Å². The Morgan fingerprint density at radius 1 is 1.08 bits per heavy atom. The first-order chi connectivity index (χ1) is 11.5. The van der Waals surface area contributed by atoms with E-state index in [1.165, 1.54) is 0 Å². The SMILES string of the molecule is [N-]=[N+]=N[C@@H]1CCC[C@H]1NC(=O)c1cc(C(F)(F)F)cc(C(F)(F)F)c1. The molecule has 5 nitrogen and oxygen atoms in total. The number of alkyl halides is 6. The van der Waals surface area contributed by atoms with Gasteiger partial charge in [0.05, 0.1) is 17.2 Å².